The van der Waals surface area contributed by atoms with Crippen LogP contribution in [0.3, 0.4) is 0 Å². The van der Waals surface area contributed by atoms with E-state index in [2.05, 4.69) is 10.3 Å². The van der Waals surface area contributed by atoms with Gasteiger partial charge >= 0.3 is 6.18 Å². The molecular formula is C20H17F5N2O2. The van der Waals surface area contributed by atoms with Crippen LogP contribution in [0.5, 0.6) is 5.75 Å². The monoisotopic (exact) mass is 412 g/mol. The molecule has 2 N–H and O–H groups in total. The summed E-state index contributed by atoms with van der Waals surface area (Å²) >= 11 is 0. The molecule has 0 saturated heterocycles. The van der Waals surface area contributed by atoms with Crippen LogP contribution in [0.4, 0.5) is 27.6 Å². The quantitative estimate of drug-likeness (QED) is 0.401. The minimum atomic E-state index is -4.25. The SMILES string of the molecule is Cc1ccc(C(=O)Nc2c[nH]c3cc(F)c(F)cc23)cc1OCCCC(F)(F)F. The molecule has 0 spiro atoms. The zero-order chi connectivity index (χ0) is 21.2. The molecule has 1 aromatic heterocycles. The number of amides is 1. The summed E-state index contributed by atoms with van der Waals surface area (Å²) in [5, 5.41) is 2.90. The number of alkyl halides is 3. The minimum absolute atomic E-state index is 0.140. The Balaban J connectivity index is 1.72. The highest BCUT2D eigenvalue weighted by atomic mass is 19.4. The molecule has 1 amide bonds. The molecule has 0 aliphatic heterocycles. The number of ether oxygens (including phenoxy) is 1. The second-order valence-corrected chi connectivity index (χ2v) is 6.52. The van der Waals surface area contributed by atoms with E-state index in [9.17, 15) is 26.7 Å². The number of aromatic amines is 1. The first-order valence-corrected chi connectivity index (χ1v) is 8.72. The highest BCUT2D eigenvalue weighted by Gasteiger charge is 2.26. The van der Waals surface area contributed by atoms with E-state index in [1.165, 1.54) is 18.3 Å². The Morgan fingerprint density at radius 2 is 1.86 bits per heavy atom. The van der Waals surface area contributed by atoms with Gasteiger partial charge in [0.15, 0.2) is 11.6 Å². The van der Waals surface area contributed by atoms with Gasteiger partial charge in [0, 0.05) is 29.6 Å². The Kier molecular flexibility index (Phi) is 5.76. The molecule has 0 saturated carbocycles. The van der Waals surface area contributed by atoms with Gasteiger partial charge in [0.2, 0.25) is 0 Å². The highest BCUT2D eigenvalue weighted by molar-refractivity contribution is 6.09. The number of H-pyrrole nitrogens is 1. The molecule has 3 rings (SSSR count). The standard InChI is InChI=1S/C20H17F5N2O2/c1-11-3-4-12(7-18(11)29-6-2-5-20(23,24)25)19(28)27-17-10-26-16-9-15(22)14(21)8-13(16)17/h3-4,7-10,26H,2,5-6H2,1H3,(H,27,28). The van der Waals surface area contributed by atoms with Crippen molar-refractivity contribution in [2.45, 2.75) is 25.9 Å². The van der Waals surface area contributed by atoms with Crippen LogP contribution in [0, 0.1) is 18.6 Å². The number of rotatable bonds is 6. The Morgan fingerprint density at radius 1 is 1.14 bits per heavy atom. The Morgan fingerprint density at radius 3 is 2.59 bits per heavy atom. The van der Waals surface area contributed by atoms with Crippen molar-refractivity contribution in [2.24, 2.45) is 0 Å². The maximum atomic E-state index is 13.5. The highest BCUT2D eigenvalue weighted by Crippen LogP contribution is 2.27. The summed E-state index contributed by atoms with van der Waals surface area (Å²) in [6, 6.07) is 6.52. The lowest BCUT2D eigenvalue weighted by Gasteiger charge is -2.12. The van der Waals surface area contributed by atoms with Gasteiger partial charge in [0.1, 0.15) is 5.75 Å². The molecule has 0 unspecified atom stereocenters. The zero-order valence-corrected chi connectivity index (χ0v) is 15.3. The number of benzene rings is 2. The van der Waals surface area contributed by atoms with Gasteiger partial charge in [-0.3, -0.25) is 4.79 Å². The fraction of sp³-hybridized carbons (Fsp3) is 0.250. The van der Waals surface area contributed by atoms with Crippen LogP contribution in [-0.4, -0.2) is 23.7 Å². The molecule has 0 bridgehead atoms. The Bertz CT molecular complexity index is 1040. The number of aryl methyl sites for hydroxylation is 1. The van der Waals surface area contributed by atoms with Crippen LogP contribution in [0.2, 0.25) is 0 Å². The zero-order valence-electron chi connectivity index (χ0n) is 15.3. The number of hydrogen-bond donors (Lipinski definition) is 2. The van der Waals surface area contributed by atoms with Crippen molar-refractivity contribution >= 4 is 22.5 Å². The molecule has 4 nitrogen and oxygen atoms in total. The van der Waals surface area contributed by atoms with E-state index >= 15 is 0 Å². The Labute approximate surface area is 162 Å². The van der Waals surface area contributed by atoms with Crippen molar-refractivity contribution in [1.29, 1.82) is 0 Å². The first kappa shape index (κ1) is 20.6. The van der Waals surface area contributed by atoms with E-state index in [4.69, 9.17) is 4.74 Å². The molecule has 3 aromatic rings. The third-order valence-corrected chi connectivity index (χ3v) is 4.28. The molecule has 0 fully saturated rings. The largest absolute Gasteiger partial charge is 0.493 e. The van der Waals surface area contributed by atoms with Crippen LogP contribution < -0.4 is 10.1 Å². The smallest absolute Gasteiger partial charge is 0.389 e. The van der Waals surface area contributed by atoms with Crippen molar-refractivity contribution in [3.63, 3.8) is 0 Å². The fourth-order valence-corrected chi connectivity index (χ4v) is 2.77. The second-order valence-electron chi connectivity index (χ2n) is 6.52. The van der Waals surface area contributed by atoms with Crippen molar-refractivity contribution in [3.05, 3.63) is 59.3 Å². The lowest BCUT2D eigenvalue weighted by molar-refractivity contribution is -0.136. The molecule has 0 atom stereocenters. The average molecular weight is 412 g/mol. The van der Waals surface area contributed by atoms with Crippen LogP contribution in [0.1, 0.15) is 28.8 Å². The maximum Gasteiger partial charge on any atom is 0.389 e. The summed E-state index contributed by atoms with van der Waals surface area (Å²) in [6.07, 6.45) is -3.99. The number of carbonyl (C=O) groups excluding carboxylic acids is 1. The van der Waals surface area contributed by atoms with E-state index in [-0.39, 0.29) is 24.3 Å². The molecule has 0 aliphatic rings. The second kappa shape index (κ2) is 8.10. The lowest BCUT2D eigenvalue weighted by Crippen LogP contribution is -2.13. The maximum absolute atomic E-state index is 13.5. The summed E-state index contributed by atoms with van der Waals surface area (Å²) in [5.74, 6) is -2.29. The lowest BCUT2D eigenvalue weighted by atomic mass is 10.1. The minimum Gasteiger partial charge on any atom is -0.493 e. The number of aromatic nitrogens is 1. The average Bonchev–Trinajstić information content (AvgIpc) is 3.01. The number of hydrogen-bond acceptors (Lipinski definition) is 2. The number of halogens is 5. The van der Waals surface area contributed by atoms with Gasteiger partial charge in [-0.1, -0.05) is 6.07 Å². The molecule has 2 aromatic carbocycles. The van der Waals surface area contributed by atoms with Crippen molar-refractivity contribution in [1.82, 2.24) is 4.98 Å². The number of nitrogens with one attached hydrogen (secondary N) is 2. The normalized spacial score (nSPS) is 11.7. The van der Waals surface area contributed by atoms with Crippen LogP contribution >= 0.6 is 0 Å². The van der Waals surface area contributed by atoms with Gasteiger partial charge in [0.05, 0.1) is 17.8 Å². The number of carbonyl (C=O) groups is 1. The molecule has 0 aliphatic carbocycles. The molecule has 9 heteroatoms. The predicted molar refractivity (Wildman–Crippen MR) is 98.1 cm³/mol. The predicted octanol–water partition coefficient (Wildman–Crippen LogP) is 5.73. The molecule has 154 valence electrons. The van der Waals surface area contributed by atoms with Gasteiger partial charge in [-0.05, 0) is 37.1 Å². The summed E-state index contributed by atoms with van der Waals surface area (Å²) in [6.45, 7) is 1.57. The molecule has 0 radical (unpaired) electrons. The summed E-state index contributed by atoms with van der Waals surface area (Å²) < 4.78 is 68.8. The van der Waals surface area contributed by atoms with Gasteiger partial charge < -0.3 is 15.0 Å². The number of anilines is 1. The van der Waals surface area contributed by atoms with Gasteiger partial charge in [-0.25, -0.2) is 8.78 Å². The van der Waals surface area contributed by atoms with Crippen molar-refractivity contribution < 1.29 is 31.5 Å². The third kappa shape index (κ3) is 5.04. The number of fused-ring (bicyclic) bond motifs is 1. The summed E-state index contributed by atoms with van der Waals surface area (Å²) in [7, 11) is 0. The Hall–Kier alpha value is -3.10. The van der Waals surface area contributed by atoms with E-state index in [1.807, 2.05) is 0 Å². The molecule has 1 heterocycles. The third-order valence-electron chi connectivity index (χ3n) is 4.28. The van der Waals surface area contributed by atoms with Crippen molar-refractivity contribution in [2.75, 3.05) is 11.9 Å². The molecule has 29 heavy (non-hydrogen) atoms. The van der Waals surface area contributed by atoms with E-state index in [1.54, 1.807) is 13.0 Å². The molecular weight excluding hydrogens is 395 g/mol. The summed E-state index contributed by atoms with van der Waals surface area (Å²) in [4.78, 5) is 15.3. The summed E-state index contributed by atoms with van der Waals surface area (Å²) in [5.41, 5.74) is 1.45. The first-order chi connectivity index (χ1) is 13.6. The van der Waals surface area contributed by atoms with E-state index in [0.717, 1.165) is 12.1 Å². The van der Waals surface area contributed by atoms with E-state index < -0.39 is 30.1 Å². The van der Waals surface area contributed by atoms with Gasteiger partial charge in [0.25, 0.3) is 5.91 Å². The van der Waals surface area contributed by atoms with Gasteiger partial charge in [-0.15, -0.1) is 0 Å². The van der Waals surface area contributed by atoms with Crippen LogP contribution in [0.25, 0.3) is 10.9 Å². The topological polar surface area (TPSA) is 54.1 Å². The van der Waals surface area contributed by atoms with Crippen LogP contribution in [-0.2, 0) is 0 Å². The van der Waals surface area contributed by atoms with Gasteiger partial charge in [-0.2, -0.15) is 13.2 Å². The van der Waals surface area contributed by atoms with E-state index in [0.29, 0.717) is 22.2 Å². The first-order valence-electron chi connectivity index (χ1n) is 8.72. The van der Waals surface area contributed by atoms with Crippen molar-refractivity contribution in [3.8, 4) is 5.75 Å². The van der Waals surface area contributed by atoms with Crippen LogP contribution in [0.15, 0.2) is 36.5 Å². The fourth-order valence-electron chi connectivity index (χ4n) is 2.77.